The number of rotatable bonds is 7. The van der Waals surface area contributed by atoms with Gasteiger partial charge in [-0.2, -0.15) is 0 Å². The summed E-state index contributed by atoms with van der Waals surface area (Å²) in [5.41, 5.74) is 1.21. The molecule has 1 aromatic carbocycles. The van der Waals surface area contributed by atoms with Gasteiger partial charge < -0.3 is 10.1 Å². The van der Waals surface area contributed by atoms with E-state index in [0.717, 1.165) is 5.75 Å². The molecule has 0 saturated carbocycles. The molecule has 0 aliphatic carbocycles. The topological polar surface area (TPSA) is 55.4 Å². The Balaban J connectivity index is 2.53. The van der Waals surface area contributed by atoms with Crippen LogP contribution in [0, 0.1) is 0 Å². The third-order valence-electron chi connectivity index (χ3n) is 3.33. The van der Waals surface area contributed by atoms with E-state index in [-0.39, 0.29) is 11.8 Å². The highest BCUT2D eigenvalue weighted by molar-refractivity contribution is 7.90. The molecule has 1 aromatic rings. The van der Waals surface area contributed by atoms with Crippen LogP contribution in [-0.4, -0.2) is 40.1 Å². The summed E-state index contributed by atoms with van der Waals surface area (Å²) in [5, 5.41) is 3.26. The molecule has 0 spiro atoms. The Morgan fingerprint density at radius 1 is 1.21 bits per heavy atom. The fraction of sp³-hybridized carbons (Fsp3) is 0.571. The van der Waals surface area contributed by atoms with Gasteiger partial charge in [0.2, 0.25) is 0 Å². The van der Waals surface area contributed by atoms with Crippen LogP contribution in [0.15, 0.2) is 24.3 Å². The van der Waals surface area contributed by atoms with Crippen LogP contribution in [0.25, 0.3) is 0 Å². The summed E-state index contributed by atoms with van der Waals surface area (Å²) < 4.78 is 27.3. The molecule has 0 saturated heterocycles. The number of methoxy groups -OCH3 is 1. The zero-order valence-corrected chi connectivity index (χ0v) is 12.8. The molecule has 0 bridgehead atoms. The summed E-state index contributed by atoms with van der Waals surface area (Å²) in [7, 11) is -1.25. The molecule has 0 aromatic heterocycles. The maximum absolute atomic E-state index is 11.1. The largest absolute Gasteiger partial charge is 0.497 e. The van der Waals surface area contributed by atoms with Gasteiger partial charge in [0.25, 0.3) is 0 Å². The molecule has 1 N–H and O–H groups in total. The Bertz CT molecular complexity index is 482. The Morgan fingerprint density at radius 2 is 1.79 bits per heavy atom. The highest BCUT2D eigenvalue weighted by Gasteiger charge is 2.14. The molecule has 19 heavy (non-hydrogen) atoms. The van der Waals surface area contributed by atoms with E-state index in [1.165, 1.54) is 11.8 Å². The van der Waals surface area contributed by atoms with E-state index in [2.05, 4.69) is 19.2 Å². The minimum atomic E-state index is -2.90. The monoisotopic (exact) mass is 285 g/mol. The van der Waals surface area contributed by atoms with Crippen molar-refractivity contribution >= 4 is 9.84 Å². The zero-order chi connectivity index (χ0) is 14.5. The van der Waals surface area contributed by atoms with E-state index in [1.807, 2.05) is 24.3 Å². The van der Waals surface area contributed by atoms with E-state index in [1.54, 1.807) is 7.11 Å². The van der Waals surface area contributed by atoms with Crippen LogP contribution < -0.4 is 10.1 Å². The Hall–Kier alpha value is -1.07. The Kier molecular flexibility index (Phi) is 5.82. The second kappa shape index (κ2) is 6.91. The van der Waals surface area contributed by atoms with Crippen molar-refractivity contribution in [3.05, 3.63) is 29.8 Å². The van der Waals surface area contributed by atoms with Crippen LogP contribution >= 0.6 is 0 Å². The van der Waals surface area contributed by atoms with Gasteiger partial charge >= 0.3 is 0 Å². The third-order valence-corrected chi connectivity index (χ3v) is 4.28. The normalized spacial score (nSPS) is 14.9. The van der Waals surface area contributed by atoms with Gasteiger partial charge in [0.15, 0.2) is 0 Å². The maximum Gasteiger partial charge on any atom is 0.148 e. The van der Waals surface area contributed by atoms with Gasteiger partial charge in [-0.1, -0.05) is 19.1 Å². The predicted octanol–water partition coefficient (Wildman–Crippen LogP) is 1.82. The summed E-state index contributed by atoms with van der Waals surface area (Å²) in [6.45, 7) is 4.68. The lowest BCUT2D eigenvalue weighted by Crippen LogP contribution is -2.34. The first-order valence-electron chi connectivity index (χ1n) is 6.38. The molecule has 0 heterocycles. The van der Waals surface area contributed by atoms with Crippen molar-refractivity contribution in [2.45, 2.75) is 25.8 Å². The number of nitrogens with one attached hydrogen (secondary N) is 1. The van der Waals surface area contributed by atoms with Gasteiger partial charge in [0, 0.05) is 18.8 Å². The molecule has 0 aliphatic heterocycles. The minimum absolute atomic E-state index is 0.173. The first-order chi connectivity index (χ1) is 8.83. The Morgan fingerprint density at radius 3 is 2.26 bits per heavy atom. The SMILES string of the molecule is COc1ccc([C@H](C)[C@H](C)NCCS(C)(=O)=O)cc1. The number of sulfone groups is 1. The average molecular weight is 285 g/mol. The first kappa shape index (κ1) is 16.0. The van der Waals surface area contributed by atoms with Crippen molar-refractivity contribution in [2.24, 2.45) is 0 Å². The van der Waals surface area contributed by atoms with Gasteiger partial charge in [-0.05, 0) is 30.5 Å². The van der Waals surface area contributed by atoms with E-state index >= 15 is 0 Å². The molecule has 1 rings (SSSR count). The molecule has 5 heteroatoms. The van der Waals surface area contributed by atoms with Crippen molar-refractivity contribution in [1.29, 1.82) is 0 Å². The molecule has 0 aliphatic rings. The number of hydrogen-bond acceptors (Lipinski definition) is 4. The standard InChI is InChI=1S/C14H23NO3S/c1-11(12(2)15-9-10-19(4,16)17)13-5-7-14(18-3)8-6-13/h5-8,11-12,15H,9-10H2,1-4H3/t11-,12+/m1/s1. The van der Waals surface area contributed by atoms with Crippen molar-refractivity contribution in [2.75, 3.05) is 25.7 Å². The summed E-state index contributed by atoms with van der Waals surface area (Å²) >= 11 is 0. The number of benzene rings is 1. The summed E-state index contributed by atoms with van der Waals surface area (Å²) in [6, 6.07) is 8.18. The Labute approximate surface area is 116 Å². The van der Waals surface area contributed by atoms with Crippen molar-refractivity contribution in [1.82, 2.24) is 5.32 Å². The van der Waals surface area contributed by atoms with Crippen molar-refractivity contribution < 1.29 is 13.2 Å². The van der Waals surface area contributed by atoms with E-state index in [4.69, 9.17) is 4.74 Å². The predicted molar refractivity (Wildman–Crippen MR) is 78.6 cm³/mol. The fourth-order valence-corrected chi connectivity index (χ4v) is 2.33. The molecular weight excluding hydrogens is 262 g/mol. The maximum atomic E-state index is 11.1. The van der Waals surface area contributed by atoms with E-state index in [9.17, 15) is 8.42 Å². The van der Waals surface area contributed by atoms with Gasteiger partial charge in [-0.25, -0.2) is 8.42 Å². The van der Waals surface area contributed by atoms with Crippen LogP contribution in [0.5, 0.6) is 5.75 Å². The second-order valence-corrected chi connectivity index (χ2v) is 7.19. The van der Waals surface area contributed by atoms with Crippen LogP contribution in [0.1, 0.15) is 25.3 Å². The first-order valence-corrected chi connectivity index (χ1v) is 8.44. The third kappa shape index (κ3) is 5.61. The van der Waals surface area contributed by atoms with E-state index < -0.39 is 9.84 Å². The van der Waals surface area contributed by atoms with Crippen LogP contribution in [-0.2, 0) is 9.84 Å². The fourth-order valence-electron chi connectivity index (χ4n) is 1.84. The van der Waals surface area contributed by atoms with Crippen molar-refractivity contribution in [3.63, 3.8) is 0 Å². The quantitative estimate of drug-likeness (QED) is 0.830. The van der Waals surface area contributed by atoms with Gasteiger partial charge in [-0.3, -0.25) is 0 Å². The van der Waals surface area contributed by atoms with E-state index in [0.29, 0.717) is 12.5 Å². The molecular formula is C14H23NO3S. The number of ether oxygens (including phenoxy) is 1. The summed E-state index contributed by atoms with van der Waals surface area (Å²) in [4.78, 5) is 0. The lowest BCUT2D eigenvalue weighted by Gasteiger charge is -2.21. The average Bonchev–Trinajstić information content (AvgIpc) is 2.36. The number of hydrogen-bond donors (Lipinski definition) is 1. The highest BCUT2D eigenvalue weighted by atomic mass is 32.2. The minimum Gasteiger partial charge on any atom is -0.497 e. The molecule has 0 unspecified atom stereocenters. The van der Waals surface area contributed by atoms with Gasteiger partial charge in [-0.15, -0.1) is 0 Å². The van der Waals surface area contributed by atoms with Gasteiger partial charge in [0.1, 0.15) is 15.6 Å². The van der Waals surface area contributed by atoms with Crippen LogP contribution in [0.3, 0.4) is 0 Å². The lowest BCUT2D eigenvalue weighted by molar-refractivity contribution is 0.414. The molecule has 0 amide bonds. The second-order valence-electron chi connectivity index (χ2n) is 4.93. The molecule has 4 nitrogen and oxygen atoms in total. The molecule has 0 radical (unpaired) electrons. The zero-order valence-electron chi connectivity index (χ0n) is 12.0. The highest BCUT2D eigenvalue weighted by Crippen LogP contribution is 2.21. The molecule has 0 fully saturated rings. The molecule has 108 valence electrons. The lowest BCUT2D eigenvalue weighted by atomic mass is 9.94. The van der Waals surface area contributed by atoms with Gasteiger partial charge in [0.05, 0.1) is 12.9 Å². The summed E-state index contributed by atoms with van der Waals surface area (Å²) in [5.74, 6) is 1.33. The summed E-state index contributed by atoms with van der Waals surface area (Å²) in [6.07, 6.45) is 1.26. The van der Waals surface area contributed by atoms with Crippen molar-refractivity contribution in [3.8, 4) is 5.75 Å². The smallest absolute Gasteiger partial charge is 0.148 e. The van der Waals surface area contributed by atoms with Crippen LogP contribution in [0.4, 0.5) is 0 Å². The van der Waals surface area contributed by atoms with Crippen LogP contribution in [0.2, 0.25) is 0 Å². The molecule has 2 atom stereocenters.